The fourth-order valence-corrected chi connectivity index (χ4v) is 5.98. The summed E-state index contributed by atoms with van der Waals surface area (Å²) in [6.45, 7) is 3.54. The lowest BCUT2D eigenvalue weighted by atomic mass is 10.1. The third-order valence-electron chi connectivity index (χ3n) is 2.24. The van der Waals surface area contributed by atoms with Crippen molar-refractivity contribution in [1.29, 1.82) is 0 Å². The predicted octanol–water partition coefficient (Wildman–Crippen LogP) is 3.83. The van der Waals surface area contributed by atoms with E-state index in [9.17, 15) is 8.42 Å². The summed E-state index contributed by atoms with van der Waals surface area (Å²) in [6.07, 6.45) is 1.65. The van der Waals surface area contributed by atoms with E-state index < -0.39 is 15.6 Å². The van der Waals surface area contributed by atoms with Crippen LogP contribution in [0.4, 0.5) is 0 Å². The van der Waals surface area contributed by atoms with Crippen molar-refractivity contribution in [3.8, 4) is 0 Å². The maximum atomic E-state index is 12.3. The fourth-order valence-electron chi connectivity index (χ4n) is 1.42. The van der Waals surface area contributed by atoms with Gasteiger partial charge in [0.05, 0.1) is 14.3 Å². The average Bonchev–Trinajstić information content (AvgIpc) is 2.88. The average molecular weight is 402 g/mol. The summed E-state index contributed by atoms with van der Waals surface area (Å²) in [4.78, 5) is 4.15. The third kappa shape index (κ3) is 3.37. The van der Waals surface area contributed by atoms with Crippen molar-refractivity contribution in [2.75, 3.05) is 0 Å². The second-order valence-electron chi connectivity index (χ2n) is 4.25. The summed E-state index contributed by atoms with van der Waals surface area (Å²) in [7, 11) is -3.62. The van der Waals surface area contributed by atoms with Gasteiger partial charge in [-0.2, -0.15) is 4.72 Å². The molecule has 9 heteroatoms. The van der Waals surface area contributed by atoms with Gasteiger partial charge in [0.25, 0.3) is 10.0 Å². The first-order chi connectivity index (χ1) is 8.72. The molecule has 0 aliphatic heterocycles. The number of nitrogens with zero attached hydrogens (tertiary/aromatic N) is 1. The zero-order valence-electron chi connectivity index (χ0n) is 9.98. The Morgan fingerprint density at radius 3 is 2.63 bits per heavy atom. The van der Waals surface area contributed by atoms with Crippen molar-refractivity contribution in [3.63, 3.8) is 0 Å². The maximum absolute atomic E-state index is 12.3. The molecule has 2 heterocycles. The molecule has 104 valence electrons. The SMILES string of the molecule is CC(C)(NS(=O)(=O)c1cc(Cl)c(Br)s1)c1nccs1. The summed E-state index contributed by atoms with van der Waals surface area (Å²) in [5.41, 5.74) is -0.768. The topological polar surface area (TPSA) is 59.1 Å². The molecule has 0 unspecified atom stereocenters. The molecule has 0 radical (unpaired) electrons. The van der Waals surface area contributed by atoms with Crippen LogP contribution in [0.15, 0.2) is 25.6 Å². The third-order valence-corrected chi connectivity index (χ3v) is 7.94. The molecule has 0 spiro atoms. The molecule has 2 aromatic rings. The minimum atomic E-state index is -3.62. The second-order valence-corrected chi connectivity index (χ2v) is 9.84. The van der Waals surface area contributed by atoms with Gasteiger partial charge in [-0.3, -0.25) is 0 Å². The van der Waals surface area contributed by atoms with Gasteiger partial charge in [0.1, 0.15) is 9.22 Å². The number of aromatic nitrogens is 1. The van der Waals surface area contributed by atoms with E-state index in [1.54, 1.807) is 20.0 Å². The number of thiazole rings is 1. The summed E-state index contributed by atoms with van der Waals surface area (Å²) in [6, 6.07) is 1.43. The summed E-state index contributed by atoms with van der Waals surface area (Å²) in [5.74, 6) is 0. The largest absolute Gasteiger partial charge is 0.251 e. The fraction of sp³-hybridized carbons (Fsp3) is 0.300. The molecule has 0 saturated heterocycles. The molecule has 19 heavy (non-hydrogen) atoms. The normalized spacial score (nSPS) is 12.8. The number of nitrogens with one attached hydrogen (secondary N) is 1. The minimum Gasteiger partial charge on any atom is -0.248 e. The molecule has 1 N–H and O–H groups in total. The molecular formula is C10H10BrClN2O2S3. The van der Waals surface area contributed by atoms with Crippen LogP contribution in [0.1, 0.15) is 18.9 Å². The molecule has 0 saturated carbocycles. The van der Waals surface area contributed by atoms with Crippen molar-refractivity contribution in [1.82, 2.24) is 9.71 Å². The van der Waals surface area contributed by atoms with Gasteiger partial charge in [-0.05, 0) is 35.8 Å². The summed E-state index contributed by atoms with van der Waals surface area (Å²) in [5, 5.41) is 2.90. The Labute approximate surface area is 133 Å². The zero-order chi connectivity index (χ0) is 14.3. The lowest BCUT2D eigenvalue weighted by Crippen LogP contribution is -2.40. The molecule has 2 rings (SSSR count). The Kier molecular flexibility index (Phi) is 4.39. The Bertz CT molecular complexity index is 660. The van der Waals surface area contributed by atoms with Crippen molar-refractivity contribution >= 4 is 60.2 Å². The van der Waals surface area contributed by atoms with Gasteiger partial charge in [-0.25, -0.2) is 13.4 Å². The van der Waals surface area contributed by atoms with E-state index in [-0.39, 0.29) is 4.21 Å². The Morgan fingerprint density at radius 2 is 2.16 bits per heavy atom. The minimum absolute atomic E-state index is 0.175. The van der Waals surface area contributed by atoms with Crippen LogP contribution in [0.5, 0.6) is 0 Å². The van der Waals surface area contributed by atoms with Gasteiger partial charge >= 0.3 is 0 Å². The smallest absolute Gasteiger partial charge is 0.248 e. The quantitative estimate of drug-likeness (QED) is 0.847. The van der Waals surface area contributed by atoms with Gasteiger partial charge < -0.3 is 0 Å². The first-order valence-corrected chi connectivity index (χ1v) is 9.46. The van der Waals surface area contributed by atoms with E-state index in [1.807, 2.05) is 5.38 Å². The van der Waals surface area contributed by atoms with E-state index >= 15 is 0 Å². The van der Waals surface area contributed by atoms with Crippen LogP contribution < -0.4 is 4.72 Å². The number of thiophene rings is 1. The van der Waals surface area contributed by atoms with Crippen LogP contribution in [-0.2, 0) is 15.6 Å². The Balaban J connectivity index is 2.32. The lowest BCUT2D eigenvalue weighted by Gasteiger charge is -2.22. The monoisotopic (exact) mass is 400 g/mol. The molecule has 0 fully saturated rings. The maximum Gasteiger partial charge on any atom is 0.251 e. The summed E-state index contributed by atoms with van der Waals surface area (Å²) >= 11 is 11.6. The predicted molar refractivity (Wildman–Crippen MR) is 82.5 cm³/mol. The molecule has 0 aliphatic rings. The number of hydrogen-bond acceptors (Lipinski definition) is 5. The molecular weight excluding hydrogens is 392 g/mol. The standard InChI is InChI=1S/C10H10BrClN2O2S3/c1-10(2,9-13-3-4-17-9)14-19(15,16)7-5-6(12)8(11)18-7/h3-5,14H,1-2H3. The Morgan fingerprint density at radius 1 is 1.47 bits per heavy atom. The number of sulfonamides is 1. The van der Waals surface area contributed by atoms with Crippen LogP contribution in [0.2, 0.25) is 5.02 Å². The van der Waals surface area contributed by atoms with Crippen molar-refractivity contribution in [3.05, 3.63) is 31.5 Å². The molecule has 4 nitrogen and oxygen atoms in total. The van der Waals surface area contributed by atoms with Crippen molar-refractivity contribution < 1.29 is 8.42 Å². The van der Waals surface area contributed by atoms with Crippen LogP contribution in [0.25, 0.3) is 0 Å². The molecule has 0 atom stereocenters. The van der Waals surface area contributed by atoms with E-state index in [4.69, 9.17) is 11.6 Å². The van der Waals surface area contributed by atoms with Gasteiger partial charge in [0.15, 0.2) is 0 Å². The van der Waals surface area contributed by atoms with E-state index in [0.29, 0.717) is 13.8 Å². The van der Waals surface area contributed by atoms with Gasteiger partial charge in [0, 0.05) is 11.6 Å². The molecule has 2 aromatic heterocycles. The molecule has 0 amide bonds. The van der Waals surface area contributed by atoms with Gasteiger partial charge in [-0.1, -0.05) is 11.6 Å². The first-order valence-electron chi connectivity index (χ1n) is 5.11. The van der Waals surface area contributed by atoms with Crippen LogP contribution >= 0.6 is 50.2 Å². The molecule has 0 aromatic carbocycles. The molecule has 0 aliphatic carbocycles. The van der Waals surface area contributed by atoms with Crippen LogP contribution in [0.3, 0.4) is 0 Å². The number of rotatable bonds is 4. The van der Waals surface area contributed by atoms with E-state index in [2.05, 4.69) is 25.6 Å². The highest BCUT2D eigenvalue weighted by Gasteiger charge is 2.31. The van der Waals surface area contributed by atoms with E-state index in [0.717, 1.165) is 11.3 Å². The van der Waals surface area contributed by atoms with Crippen LogP contribution in [-0.4, -0.2) is 13.4 Å². The van der Waals surface area contributed by atoms with Gasteiger partial charge in [-0.15, -0.1) is 22.7 Å². The van der Waals surface area contributed by atoms with Crippen LogP contribution in [0, 0.1) is 0 Å². The van der Waals surface area contributed by atoms with Crippen molar-refractivity contribution in [2.45, 2.75) is 23.6 Å². The zero-order valence-corrected chi connectivity index (χ0v) is 14.8. The number of halogens is 2. The number of hydrogen-bond donors (Lipinski definition) is 1. The van der Waals surface area contributed by atoms with Gasteiger partial charge in [0.2, 0.25) is 0 Å². The van der Waals surface area contributed by atoms with E-state index in [1.165, 1.54) is 17.4 Å². The Hall–Kier alpha value is 0.01000. The summed E-state index contributed by atoms with van der Waals surface area (Å²) < 4.78 is 28.0. The highest BCUT2D eigenvalue weighted by atomic mass is 79.9. The highest BCUT2D eigenvalue weighted by Crippen LogP contribution is 2.35. The first kappa shape index (κ1) is 15.4. The highest BCUT2D eigenvalue weighted by molar-refractivity contribution is 9.11. The van der Waals surface area contributed by atoms with Crippen molar-refractivity contribution in [2.24, 2.45) is 0 Å². The lowest BCUT2D eigenvalue weighted by molar-refractivity contribution is 0.471. The second kappa shape index (κ2) is 5.42. The molecule has 0 bridgehead atoms.